The molecular formula is C17H22N2O2. The number of ether oxygens (including phenoxy) is 1. The molecule has 0 amide bonds. The molecule has 4 heteroatoms. The van der Waals surface area contributed by atoms with E-state index in [0.717, 1.165) is 17.9 Å². The predicted octanol–water partition coefficient (Wildman–Crippen LogP) is 3.14. The van der Waals surface area contributed by atoms with E-state index < -0.39 is 0 Å². The third kappa shape index (κ3) is 4.67. The molecule has 1 unspecified atom stereocenters. The Bertz CT molecular complexity index is 622. The molecule has 112 valence electrons. The zero-order chi connectivity index (χ0) is 15.1. The van der Waals surface area contributed by atoms with Gasteiger partial charge in [-0.15, -0.1) is 0 Å². The summed E-state index contributed by atoms with van der Waals surface area (Å²) in [5.74, 6) is 0.867. The number of anilines is 1. The van der Waals surface area contributed by atoms with Gasteiger partial charge in [-0.25, -0.2) is 0 Å². The van der Waals surface area contributed by atoms with Crippen molar-refractivity contribution in [2.24, 2.45) is 0 Å². The number of benzene rings is 1. The van der Waals surface area contributed by atoms with Crippen molar-refractivity contribution in [2.45, 2.75) is 32.9 Å². The van der Waals surface area contributed by atoms with Crippen LogP contribution in [0.1, 0.15) is 20.3 Å². The molecule has 0 radical (unpaired) electrons. The van der Waals surface area contributed by atoms with Crippen molar-refractivity contribution in [1.82, 2.24) is 4.57 Å². The second-order valence-electron chi connectivity index (χ2n) is 5.02. The summed E-state index contributed by atoms with van der Waals surface area (Å²) >= 11 is 0. The van der Waals surface area contributed by atoms with Gasteiger partial charge in [-0.3, -0.25) is 4.79 Å². The molecule has 0 aliphatic rings. The van der Waals surface area contributed by atoms with Crippen molar-refractivity contribution in [2.75, 3.05) is 11.9 Å². The van der Waals surface area contributed by atoms with Crippen molar-refractivity contribution in [3.8, 4) is 5.75 Å². The molecule has 1 heterocycles. The Morgan fingerprint density at radius 2 is 2.10 bits per heavy atom. The minimum absolute atomic E-state index is 0.0214. The molecule has 1 atom stereocenters. The minimum atomic E-state index is 0.0214. The van der Waals surface area contributed by atoms with Crippen LogP contribution in [0.15, 0.2) is 53.5 Å². The van der Waals surface area contributed by atoms with Crippen molar-refractivity contribution >= 4 is 5.69 Å². The summed E-state index contributed by atoms with van der Waals surface area (Å²) in [4.78, 5) is 11.6. The van der Waals surface area contributed by atoms with Gasteiger partial charge < -0.3 is 14.6 Å². The fourth-order valence-electron chi connectivity index (χ4n) is 1.96. The summed E-state index contributed by atoms with van der Waals surface area (Å²) in [6.07, 6.45) is 2.99. The van der Waals surface area contributed by atoms with E-state index in [1.165, 1.54) is 0 Å². The minimum Gasteiger partial charge on any atom is -0.491 e. The fourth-order valence-corrected chi connectivity index (χ4v) is 1.96. The van der Waals surface area contributed by atoms with E-state index in [-0.39, 0.29) is 11.7 Å². The Morgan fingerprint density at radius 1 is 1.24 bits per heavy atom. The van der Waals surface area contributed by atoms with Gasteiger partial charge in [0, 0.05) is 37.1 Å². The zero-order valence-electron chi connectivity index (χ0n) is 12.6. The van der Waals surface area contributed by atoms with Gasteiger partial charge in [0.2, 0.25) is 0 Å². The third-order valence-electron chi connectivity index (χ3n) is 3.33. The molecule has 21 heavy (non-hydrogen) atoms. The van der Waals surface area contributed by atoms with E-state index >= 15 is 0 Å². The number of pyridine rings is 1. The molecule has 0 fully saturated rings. The van der Waals surface area contributed by atoms with Crippen LogP contribution in [0, 0.1) is 0 Å². The van der Waals surface area contributed by atoms with Crippen molar-refractivity contribution < 1.29 is 4.74 Å². The Labute approximate surface area is 125 Å². The molecule has 2 rings (SSSR count). The fraction of sp³-hybridized carbons (Fsp3) is 0.353. The van der Waals surface area contributed by atoms with E-state index in [4.69, 9.17) is 4.74 Å². The van der Waals surface area contributed by atoms with Gasteiger partial charge in [0.1, 0.15) is 5.75 Å². The van der Waals surface area contributed by atoms with Crippen LogP contribution < -0.4 is 15.6 Å². The van der Waals surface area contributed by atoms with Crippen LogP contribution in [0.2, 0.25) is 0 Å². The van der Waals surface area contributed by atoms with Gasteiger partial charge in [-0.2, -0.15) is 0 Å². The number of nitrogens with one attached hydrogen (secondary N) is 1. The van der Waals surface area contributed by atoms with Crippen LogP contribution in [-0.4, -0.2) is 17.2 Å². The predicted molar refractivity (Wildman–Crippen MR) is 86.0 cm³/mol. The molecule has 0 aliphatic heterocycles. The number of aromatic nitrogens is 1. The highest BCUT2D eigenvalue weighted by atomic mass is 16.5. The summed E-state index contributed by atoms with van der Waals surface area (Å²) in [6.45, 7) is 5.49. The highest BCUT2D eigenvalue weighted by molar-refractivity contribution is 5.48. The van der Waals surface area contributed by atoms with Crippen LogP contribution in [0.5, 0.6) is 5.75 Å². The van der Waals surface area contributed by atoms with E-state index in [2.05, 4.69) is 19.2 Å². The Kier molecular flexibility index (Phi) is 5.43. The van der Waals surface area contributed by atoms with Crippen molar-refractivity contribution in [1.29, 1.82) is 0 Å². The molecule has 1 aromatic carbocycles. The van der Waals surface area contributed by atoms with Gasteiger partial charge in [0.15, 0.2) is 0 Å². The lowest BCUT2D eigenvalue weighted by atomic mass is 10.2. The van der Waals surface area contributed by atoms with E-state index in [1.807, 2.05) is 30.3 Å². The maximum Gasteiger partial charge on any atom is 0.250 e. The molecule has 4 nitrogen and oxygen atoms in total. The van der Waals surface area contributed by atoms with Gasteiger partial charge in [-0.05, 0) is 31.5 Å². The highest BCUT2D eigenvalue weighted by Gasteiger charge is 2.02. The molecule has 2 aromatic rings. The average Bonchev–Trinajstić information content (AvgIpc) is 2.49. The second kappa shape index (κ2) is 7.53. The number of nitrogens with zero attached hydrogens (tertiary/aromatic N) is 1. The lowest BCUT2D eigenvalue weighted by molar-refractivity contribution is 0.217. The number of hydrogen-bond donors (Lipinski definition) is 1. The van der Waals surface area contributed by atoms with E-state index in [9.17, 15) is 4.79 Å². The highest BCUT2D eigenvalue weighted by Crippen LogP contribution is 2.19. The number of rotatable bonds is 7. The average molecular weight is 286 g/mol. The van der Waals surface area contributed by atoms with Crippen molar-refractivity contribution in [3.05, 3.63) is 59.0 Å². The first kappa shape index (κ1) is 15.2. The maximum absolute atomic E-state index is 11.6. The first-order valence-corrected chi connectivity index (χ1v) is 7.35. The zero-order valence-corrected chi connectivity index (χ0v) is 12.6. The monoisotopic (exact) mass is 286 g/mol. The maximum atomic E-state index is 11.6. The van der Waals surface area contributed by atoms with Gasteiger partial charge in [0.05, 0.1) is 6.10 Å². The van der Waals surface area contributed by atoms with E-state index in [1.54, 1.807) is 22.9 Å². The summed E-state index contributed by atoms with van der Waals surface area (Å²) in [5.41, 5.74) is 1.02. The summed E-state index contributed by atoms with van der Waals surface area (Å²) < 4.78 is 7.48. The lowest BCUT2D eigenvalue weighted by Crippen LogP contribution is -2.22. The Balaban J connectivity index is 1.90. The molecule has 0 saturated carbocycles. The lowest BCUT2D eigenvalue weighted by Gasteiger charge is -2.14. The largest absolute Gasteiger partial charge is 0.491 e. The van der Waals surface area contributed by atoms with Crippen LogP contribution in [0.25, 0.3) is 0 Å². The number of hydrogen-bond acceptors (Lipinski definition) is 3. The molecular weight excluding hydrogens is 264 g/mol. The van der Waals surface area contributed by atoms with Crippen LogP contribution in [-0.2, 0) is 6.54 Å². The quantitative estimate of drug-likeness (QED) is 0.850. The topological polar surface area (TPSA) is 43.3 Å². The summed E-state index contributed by atoms with van der Waals surface area (Å²) in [7, 11) is 0. The summed E-state index contributed by atoms with van der Waals surface area (Å²) in [6, 6.07) is 13.1. The first-order chi connectivity index (χ1) is 10.2. The van der Waals surface area contributed by atoms with Crippen molar-refractivity contribution in [3.63, 3.8) is 0 Å². The Morgan fingerprint density at radius 3 is 2.86 bits per heavy atom. The molecule has 0 saturated heterocycles. The van der Waals surface area contributed by atoms with Gasteiger partial charge in [0.25, 0.3) is 5.56 Å². The molecule has 0 spiro atoms. The smallest absolute Gasteiger partial charge is 0.250 e. The second-order valence-corrected chi connectivity index (χ2v) is 5.02. The Hall–Kier alpha value is -2.23. The van der Waals surface area contributed by atoms with Gasteiger partial charge in [-0.1, -0.05) is 19.1 Å². The normalized spacial score (nSPS) is 11.9. The molecule has 0 aliphatic carbocycles. The molecule has 0 bridgehead atoms. The standard InChI is InChI=1S/C17H22N2O2/c1-3-14(2)21-16-8-6-7-15(13-16)18-10-12-19-11-5-4-9-17(19)20/h4-9,11,13-14,18H,3,10,12H2,1-2H3. The van der Waals surface area contributed by atoms with Crippen LogP contribution in [0.4, 0.5) is 5.69 Å². The SMILES string of the molecule is CCC(C)Oc1cccc(NCCn2ccccc2=O)c1. The van der Waals surface area contributed by atoms with Crippen LogP contribution in [0.3, 0.4) is 0 Å². The third-order valence-corrected chi connectivity index (χ3v) is 3.33. The summed E-state index contributed by atoms with van der Waals surface area (Å²) in [5, 5.41) is 3.31. The first-order valence-electron chi connectivity index (χ1n) is 7.35. The molecule has 1 aromatic heterocycles. The molecule has 1 N–H and O–H groups in total. The van der Waals surface area contributed by atoms with E-state index in [0.29, 0.717) is 13.1 Å². The van der Waals surface area contributed by atoms with Crippen LogP contribution >= 0.6 is 0 Å². The van der Waals surface area contributed by atoms with Gasteiger partial charge >= 0.3 is 0 Å².